The van der Waals surface area contributed by atoms with Crippen molar-refractivity contribution in [3.8, 4) is 0 Å². The lowest BCUT2D eigenvalue weighted by Gasteiger charge is -2.27. The first-order valence-electron chi connectivity index (χ1n) is 6.86. The second-order valence-corrected chi connectivity index (χ2v) is 6.26. The first-order chi connectivity index (χ1) is 10.8. The van der Waals surface area contributed by atoms with Gasteiger partial charge in [0.1, 0.15) is 5.82 Å². The molecule has 0 fully saturated rings. The van der Waals surface area contributed by atoms with Gasteiger partial charge < -0.3 is 5.32 Å². The molecule has 2 heterocycles. The number of anilines is 1. The molecule has 1 aliphatic rings. The molecule has 8 heteroatoms. The average molecular weight is 354 g/mol. The van der Waals surface area contributed by atoms with Crippen molar-refractivity contribution in [3.05, 3.63) is 60.2 Å². The topological polar surface area (TPSA) is 73.1 Å². The monoisotopic (exact) mass is 353 g/mol. The number of carbonyl (C=O) groups is 1. The standard InChI is InChI=1S/C15H13Cl2N3O3/c1-19-13-12(14(22)20(2)15(19)23)8(6-11(21)18-13)7-3-4-9(16)10(17)5-7/h3-5,8H,6H2,1-2H3,(H,18,21)/t8-/m1/s1. The number of hydrogen-bond donors (Lipinski definition) is 1. The molecule has 1 atom stereocenters. The average Bonchev–Trinajstić information content (AvgIpc) is 2.52. The Balaban J connectivity index is 2.31. The van der Waals surface area contributed by atoms with Gasteiger partial charge in [-0.25, -0.2) is 4.79 Å². The maximum Gasteiger partial charge on any atom is 0.332 e. The summed E-state index contributed by atoms with van der Waals surface area (Å²) in [6.45, 7) is 0. The number of rotatable bonds is 1. The molecule has 1 aromatic carbocycles. The molecule has 0 unspecified atom stereocenters. The van der Waals surface area contributed by atoms with Gasteiger partial charge in [-0.1, -0.05) is 29.3 Å². The molecule has 0 saturated heterocycles. The van der Waals surface area contributed by atoms with Crippen LogP contribution in [-0.4, -0.2) is 15.0 Å². The van der Waals surface area contributed by atoms with Crippen LogP contribution in [0.4, 0.5) is 5.82 Å². The van der Waals surface area contributed by atoms with Crippen LogP contribution in [-0.2, 0) is 18.9 Å². The van der Waals surface area contributed by atoms with E-state index in [1.807, 2.05) is 0 Å². The Bertz CT molecular complexity index is 946. The smallest absolute Gasteiger partial charge is 0.312 e. The number of nitrogens with one attached hydrogen (secondary N) is 1. The van der Waals surface area contributed by atoms with Gasteiger partial charge in [0.05, 0.1) is 15.6 Å². The molecule has 0 bridgehead atoms. The highest BCUT2D eigenvalue weighted by Gasteiger charge is 2.32. The van der Waals surface area contributed by atoms with Crippen molar-refractivity contribution in [1.82, 2.24) is 9.13 Å². The Labute approximate surface area is 141 Å². The van der Waals surface area contributed by atoms with E-state index < -0.39 is 17.2 Å². The second-order valence-electron chi connectivity index (χ2n) is 5.45. The number of hydrogen-bond acceptors (Lipinski definition) is 3. The van der Waals surface area contributed by atoms with Crippen LogP contribution in [0.15, 0.2) is 27.8 Å². The van der Waals surface area contributed by atoms with Crippen molar-refractivity contribution in [2.24, 2.45) is 14.1 Å². The number of aromatic nitrogens is 2. The van der Waals surface area contributed by atoms with Gasteiger partial charge in [0, 0.05) is 26.4 Å². The number of amides is 1. The molecule has 120 valence electrons. The second kappa shape index (κ2) is 5.54. The highest BCUT2D eigenvalue weighted by Crippen LogP contribution is 2.36. The minimum Gasteiger partial charge on any atom is -0.312 e. The molecule has 1 amide bonds. The van der Waals surface area contributed by atoms with Gasteiger partial charge in [0.15, 0.2) is 0 Å². The zero-order valence-corrected chi connectivity index (χ0v) is 13.9. The molecule has 0 aliphatic carbocycles. The molecule has 1 N–H and O–H groups in total. The molecule has 0 saturated carbocycles. The van der Waals surface area contributed by atoms with Crippen LogP contribution in [0.1, 0.15) is 23.5 Å². The maximum absolute atomic E-state index is 12.6. The van der Waals surface area contributed by atoms with Crippen molar-refractivity contribution in [3.63, 3.8) is 0 Å². The van der Waals surface area contributed by atoms with Gasteiger partial charge >= 0.3 is 5.69 Å². The van der Waals surface area contributed by atoms with Crippen LogP contribution in [0.3, 0.4) is 0 Å². The number of benzene rings is 1. The fourth-order valence-corrected chi connectivity index (χ4v) is 3.13. The summed E-state index contributed by atoms with van der Waals surface area (Å²) in [5.41, 5.74) is 0.141. The summed E-state index contributed by atoms with van der Waals surface area (Å²) in [6, 6.07) is 4.99. The third-order valence-corrected chi connectivity index (χ3v) is 4.78. The fraction of sp³-hybridized carbons (Fsp3) is 0.267. The number of halogens is 2. The normalized spacial score (nSPS) is 16.9. The molecule has 23 heavy (non-hydrogen) atoms. The number of carbonyl (C=O) groups excluding carboxylic acids is 1. The van der Waals surface area contributed by atoms with E-state index in [0.29, 0.717) is 21.2 Å². The van der Waals surface area contributed by atoms with Crippen molar-refractivity contribution in [2.75, 3.05) is 5.32 Å². The van der Waals surface area contributed by atoms with E-state index in [1.54, 1.807) is 18.2 Å². The minimum absolute atomic E-state index is 0.0956. The summed E-state index contributed by atoms with van der Waals surface area (Å²) >= 11 is 12.0. The Hall–Kier alpha value is -2.05. The molecule has 6 nitrogen and oxygen atoms in total. The van der Waals surface area contributed by atoms with Crippen molar-refractivity contribution in [1.29, 1.82) is 0 Å². The zero-order valence-electron chi connectivity index (χ0n) is 12.4. The van der Waals surface area contributed by atoms with Crippen LogP contribution in [0.2, 0.25) is 10.0 Å². The summed E-state index contributed by atoms with van der Waals surface area (Å²) in [5.74, 6) is -0.527. The minimum atomic E-state index is -0.496. The SMILES string of the molecule is Cn1c2c(c(=O)n(C)c1=O)[C@@H](c1ccc(Cl)c(Cl)c1)CC(=O)N2. The lowest BCUT2D eigenvalue weighted by atomic mass is 9.86. The molecule has 2 aromatic rings. The Kier molecular flexibility index (Phi) is 3.82. The number of nitrogens with zero attached hydrogens (tertiary/aromatic N) is 2. The summed E-state index contributed by atoms with van der Waals surface area (Å²) in [5, 5.41) is 3.35. The summed E-state index contributed by atoms with van der Waals surface area (Å²) in [6.07, 6.45) is 0.0956. The summed E-state index contributed by atoms with van der Waals surface area (Å²) < 4.78 is 2.29. The van der Waals surface area contributed by atoms with Crippen LogP contribution in [0, 0.1) is 0 Å². The van der Waals surface area contributed by atoms with Gasteiger partial charge in [-0.3, -0.25) is 18.7 Å². The largest absolute Gasteiger partial charge is 0.332 e. The first kappa shape index (κ1) is 15.8. The Morgan fingerprint density at radius 2 is 1.78 bits per heavy atom. The Morgan fingerprint density at radius 3 is 2.43 bits per heavy atom. The van der Waals surface area contributed by atoms with E-state index in [9.17, 15) is 14.4 Å². The number of fused-ring (bicyclic) bond motifs is 1. The first-order valence-corrected chi connectivity index (χ1v) is 7.61. The van der Waals surface area contributed by atoms with E-state index >= 15 is 0 Å². The van der Waals surface area contributed by atoms with Gasteiger partial charge in [-0.15, -0.1) is 0 Å². The van der Waals surface area contributed by atoms with Gasteiger partial charge in [0.25, 0.3) is 5.56 Å². The predicted molar refractivity (Wildman–Crippen MR) is 88.5 cm³/mol. The lowest BCUT2D eigenvalue weighted by Crippen LogP contribution is -2.44. The Morgan fingerprint density at radius 1 is 1.09 bits per heavy atom. The molecule has 1 aliphatic heterocycles. The molecular weight excluding hydrogens is 341 g/mol. The fourth-order valence-electron chi connectivity index (χ4n) is 2.82. The molecule has 0 radical (unpaired) electrons. The highest BCUT2D eigenvalue weighted by atomic mass is 35.5. The highest BCUT2D eigenvalue weighted by molar-refractivity contribution is 6.42. The van der Waals surface area contributed by atoms with Crippen LogP contribution >= 0.6 is 23.2 Å². The third-order valence-electron chi connectivity index (χ3n) is 4.04. The van der Waals surface area contributed by atoms with Gasteiger partial charge in [0.2, 0.25) is 5.91 Å². The van der Waals surface area contributed by atoms with E-state index in [2.05, 4.69) is 5.32 Å². The molecule has 0 spiro atoms. The van der Waals surface area contributed by atoms with Crippen molar-refractivity contribution < 1.29 is 4.79 Å². The molecular formula is C15H13Cl2N3O3. The van der Waals surface area contributed by atoms with Crippen molar-refractivity contribution in [2.45, 2.75) is 12.3 Å². The van der Waals surface area contributed by atoms with Crippen molar-refractivity contribution >= 4 is 34.9 Å². The zero-order chi connectivity index (χ0) is 16.9. The van der Waals surface area contributed by atoms with E-state index in [1.165, 1.54) is 18.7 Å². The summed E-state index contributed by atoms with van der Waals surface area (Å²) in [4.78, 5) is 36.6. The van der Waals surface area contributed by atoms with Crippen LogP contribution in [0.5, 0.6) is 0 Å². The maximum atomic E-state index is 12.6. The van der Waals surface area contributed by atoms with Crippen LogP contribution < -0.4 is 16.6 Å². The van der Waals surface area contributed by atoms with Gasteiger partial charge in [-0.05, 0) is 17.7 Å². The quantitative estimate of drug-likeness (QED) is 0.850. The molecule has 3 rings (SSSR count). The van der Waals surface area contributed by atoms with Crippen LogP contribution in [0.25, 0.3) is 0 Å². The van der Waals surface area contributed by atoms with E-state index in [4.69, 9.17) is 23.2 Å². The lowest BCUT2D eigenvalue weighted by molar-refractivity contribution is -0.116. The molecule has 1 aromatic heterocycles. The predicted octanol–water partition coefficient (Wildman–Crippen LogP) is 1.86. The third kappa shape index (κ3) is 2.48. The van der Waals surface area contributed by atoms with Gasteiger partial charge in [-0.2, -0.15) is 0 Å². The summed E-state index contributed by atoms with van der Waals surface area (Å²) in [7, 11) is 2.92. The van der Waals surface area contributed by atoms with E-state index in [0.717, 1.165) is 4.57 Å². The van der Waals surface area contributed by atoms with E-state index in [-0.39, 0.29) is 18.1 Å².